The van der Waals surface area contributed by atoms with Gasteiger partial charge >= 0.3 is 0 Å². The lowest BCUT2D eigenvalue weighted by molar-refractivity contribution is 1.18. The van der Waals surface area contributed by atoms with Crippen LogP contribution in [-0.2, 0) is 0 Å². The van der Waals surface area contributed by atoms with E-state index in [1.54, 1.807) is 6.08 Å². The van der Waals surface area contributed by atoms with Gasteiger partial charge < -0.3 is 20.3 Å². The molecule has 3 N–H and O–H groups in total. The Morgan fingerprint density at radius 2 is 0.961 bits per heavy atom. The van der Waals surface area contributed by atoms with Gasteiger partial charge in [-0.25, -0.2) is 0 Å². The molecule has 0 amide bonds. The first kappa shape index (κ1) is 29.0. The maximum absolute atomic E-state index is 8.63. The fourth-order valence-electron chi connectivity index (χ4n) is 8.05. The lowest BCUT2D eigenvalue weighted by atomic mass is 9.95. The van der Waals surface area contributed by atoms with Crippen LogP contribution in [0.4, 0.5) is 0 Å². The van der Waals surface area contributed by atoms with E-state index in [2.05, 4.69) is 137 Å². The highest BCUT2D eigenvalue weighted by molar-refractivity contribution is 6.32. The molecule has 0 aliphatic carbocycles. The Hall–Kier alpha value is -6.91. The summed E-state index contributed by atoms with van der Waals surface area (Å²) in [7, 11) is 0. The molecule has 0 aliphatic heterocycles. The molecule has 2 heterocycles. The number of rotatable bonds is 5. The molecule has 0 radical (unpaired) electrons. The highest BCUT2D eigenvalue weighted by atomic mass is 15.0. The van der Waals surface area contributed by atoms with Gasteiger partial charge in [-0.2, -0.15) is 0 Å². The molecule has 0 unspecified atom stereocenters. The van der Waals surface area contributed by atoms with Crippen molar-refractivity contribution >= 4 is 76.6 Å². The summed E-state index contributed by atoms with van der Waals surface area (Å²) in [5.41, 5.74) is 16.1. The summed E-state index contributed by atoms with van der Waals surface area (Å²) in [6.07, 6.45) is 1.74. The number of aromatic nitrogens is 2. The van der Waals surface area contributed by atoms with Crippen LogP contribution in [0.3, 0.4) is 0 Å². The molecule has 51 heavy (non-hydrogen) atoms. The van der Waals surface area contributed by atoms with Crippen molar-refractivity contribution in [1.82, 2.24) is 9.13 Å². The van der Waals surface area contributed by atoms with E-state index in [4.69, 9.17) is 11.1 Å². The Morgan fingerprint density at radius 1 is 0.431 bits per heavy atom. The second-order valence-corrected chi connectivity index (χ2v) is 13.1. The van der Waals surface area contributed by atoms with E-state index in [0.717, 1.165) is 33.5 Å². The van der Waals surface area contributed by atoms with Crippen molar-refractivity contribution in [2.45, 2.75) is 0 Å². The molecule has 0 fully saturated rings. The molecule has 4 heteroatoms. The van der Waals surface area contributed by atoms with E-state index in [0.29, 0.717) is 11.4 Å². The van der Waals surface area contributed by atoms with Gasteiger partial charge in [-0.15, -0.1) is 0 Å². The Morgan fingerprint density at radius 3 is 1.73 bits per heavy atom. The van der Waals surface area contributed by atoms with Crippen LogP contribution in [0.2, 0.25) is 0 Å². The molecular formula is C47H32N4. The summed E-state index contributed by atoms with van der Waals surface area (Å²) in [6.45, 7) is 0. The monoisotopic (exact) mass is 652 g/mol. The first-order valence-corrected chi connectivity index (χ1v) is 17.2. The molecule has 0 bridgehead atoms. The zero-order chi connectivity index (χ0) is 34.1. The number of nitrogens with zero attached hydrogens (tertiary/aromatic N) is 2. The van der Waals surface area contributed by atoms with Crippen LogP contribution in [0, 0.1) is 5.41 Å². The maximum atomic E-state index is 8.63. The van der Waals surface area contributed by atoms with Gasteiger partial charge in [-0.1, -0.05) is 121 Å². The number of hydrogen-bond acceptors (Lipinski definition) is 2. The molecule has 0 saturated heterocycles. The van der Waals surface area contributed by atoms with Crippen LogP contribution in [0.25, 0.3) is 82.2 Å². The van der Waals surface area contributed by atoms with Gasteiger partial charge in [0.15, 0.2) is 0 Å². The summed E-state index contributed by atoms with van der Waals surface area (Å²) in [5, 5.41) is 18.6. The number of benzene rings is 8. The first-order chi connectivity index (χ1) is 25.2. The molecular weight excluding hydrogens is 621 g/mol. The lowest BCUT2D eigenvalue weighted by Crippen LogP contribution is -2.03. The van der Waals surface area contributed by atoms with Crippen LogP contribution < -0.4 is 5.73 Å². The molecule has 0 aliphatic rings. The lowest BCUT2D eigenvalue weighted by Gasteiger charge is -2.12. The molecule has 10 aromatic rings. The van der Waals surface area contributed by atoms with Crippen molar-refractivity contribution < 1.29 is 0 Å². The topological polar surface area (TPSA) is 59.7 Å². The van der Waals surface area contributed by atoms with Crippen LogP contribution in [0.5, 0.6) is 0 Å². The molecule has 4 nitrogen and oxygen atoms in total. The summed E-state index contributed by atoms with van der Waals surface area (Å²) in [6, 6.07) is 59.8. The Bertz CT molecular complexity index is 3040. The van der Waals surface area contributed by atoms with Crippen molar-refractivity contribution in [3.05, 3.63) is 187 Å². The van der Waals surface area contributed by atoms with Crippen molar-refractivity contribution in [3.63, 3.8) is 0 Å². The minimum Gasteiger partial charge on any atom is -0.398 e. The van der Waals surface area contributed by atoms with Gasteiger partial charge in [0.25, 0.3) is 0 Å². The molecule has 0 atom stereocenters. The van der Waals surface area contributed by atoms with Crippen LogP contribution in [0.15, 0.2) is 176 Å². The van der Waals surface area contributed by atoms with Gasteiger partial charge in [0.05, 0.1) is 27.8 Å². The predicted octanol–water partition coefficient (Wildman–Crippen LogP) is 11.6. The second kappa shape index (κ2) is 11.3. The third-order valence-corrected chi connectivity index (χ3v) is 10.3. The summed E-state index contributed by atoms with van der Waals surface area (Å²) >= 11 is 0. The SMILES string of the molecule is N=C(/C=C(\N)c1cccc(-n2c3ccccc3c3c4ccc5ccc6c(c7ccccc7n6-c6ccccc6)c5c4ccc32)c1)c1ccccc1. The van der Waals surface area contributed by atoms with Crippen LogP contribution in [0.1, 0.15) is 11.1 Å². The Kier molecular flexibility index (Phi) is 6.45. The number of nitrogens with two attached hydrogens (primary N) is 1. The largest absolute Gasteiger partial charge is 0.398 e. The third-order valence-electron chi connectivity index (χ3n) is 10.3. The predicted molar refractivity (Wildman–Crippen MR) is 216 cm³/mol. The molecule has 8 aromatic carbocycles. The third kappa shape index (κ3) is 4.43. The van der Waals surface area contributed by atoms with Gasteiger partial charge in [-0.05, 0) is 87.3 Å². The Balaban J connectivity index is 1.23. The van der Waals surface area contributed by atoms with E-state index < -0.39 is 0 Å². The molecule has 240 valence electrons. The van der Waals surface area contributed by atoms with Gasteiger partial charge in [0.2, 0.25) is 0 Å². The minimum atomic E-state index is 0.384. The fraction of sp³-hybridized carbons (Fsp3) is 0. The molecule has 2 aromatic heterocycles. The standard InChI is InChI=1S/C47H32N4/c48-39(30-12-3-1-4-13-30)29-40(49)32-14-11-17-34(28-32)51-41-20-9-7-18-37(41)46-36-24-22-31-23-26-44-47(45(31)35(36)25-27-43(46)51)38-19-8-10-21-42(38)50(44)33-15-5-2-6-16-33/h1-29,48H,49H2/b40-29-,48-39?. The van der Waals surface area contributed by atoms with Gasteiger partial charge in [0, 0.05) is 38.6 Å². The van der Waals surface area contributed by atoms with E-state index >= 15 is 0 Å². The smallest absolute Gasteiger partial charge is 0.0632 e. The van der Waals surface area contributed by atoms with E-state index in [-0.39, 0.29) is 0 Å². The number of hydrogen-bond donors (Lipinski definition) is 2. The fourth-order valence-corrected chi connectivity index (χ4v) is 8.05. The van der Waals surface area contributed by atoms with Crippen molar-refractivity contribution in [3.8, 4) is 11.4 Å². The summed E-state index contributed by atoms with van der Waals surface area (Å²) in [4.78, 5) is 0. The number of para-hydroxylation sites is 3. The van der Waals surface area contributed by atoms with Crippen LogP contribution in [-0.4, -0.2) is 14.8 Å². The summed E-state index contributed by atoms with van der Waals surface area (Å²) < 4.78 is 4.73. The highest BCUT2D eigenvalue weighted by Crippen LogP contribution is 2.43. The average Bonchev–Trinajstić information content (AvgIpc) is 3.72. The zero-order valence-corrected chi connectivity index (χ0v) is 27.7. The first-order valence-electron chi connectivity index (χ1n) is 17.2. The number of allylic oxidation sites excluding steroid dienone is 1. The molecule has 10 rings (SSSR count). The van der Waals surface area contributed by atoms with Crippen molar-refractivity contribution in [2.24, 2.45) is 5.73 Å². The van der Waals surface area contributed by atoms with Crippen LogP contribution >= 0.6 is 0 Å². The number of nitrogens with one attached hydrogen (secondary N) is 1. The normalized spacial score (nSPS) is 12.2. The van der Waals surface area contributed by atoms with E-state index in [1.165, 1.54) is 54.1 Å². The molecule has 0 spiro atoms. The Labute approximate surface area is 294 Å². The van der Waals surface area contributed by atoms with Gasteiger partial charge in [0.1, 0.15) is 0 Å². The summed E-state index contributed by atoms with van der Waals surface area (Å²) in [5.74, 6) is 0. The second-order valence-electron chi connectivity index (χ2n) is 13.1. The molecule has 0 saturated carbocycles. The quantitative estimate of drug-likeness (QED) is 0.141. The van der Waals surface area contributed by atoms with E-state index in [9.17, 15) is 0 Å². The van der Waals surface area contributed by atoms with Gasteiger partial charge in [-0.3, -0.25) is 0 Å². The zero-order valence-electron chi connectivity index (χ0n) is 27.7. The van der Waals surface area contributed by atoms with Crippen molar-refractivity contribution in [1.29, 1.82) is 5.41 Å². The van der Waals surface area contributed by atoms with E-state index in [1.807, 2.05) is 42.5 Å². The average molecular weight is 653 g/mol. The number of fused-ring (bicyclic) bond motifs is 11. The highest BCUT2D eigenvalue weighted by Gasteiger charge is 2.19. The minimum absolute atomic E-state index is 0.384. The van der Waals surface area contributed by atoms with Crippen molar-refractivity contribution in [2.75, 3.05) is 0 Å². The maximum Gasteiger partial charge on any atom is 0.0632 e.